The molecule has 0 aliphatic carbocycles. The Hall–Kier alpha value is -1.22. The molecule has 0 N–H and O–H groups in total. The first-order chi connectivity index (χ1) is 7.58. The van der Waals surface area contributed by atoms with E-state index in [4.69, 9.17) is 9.47 Å². The van der Waals surface area contributed by atoms with Crippen LogP contribution in [0.25, 0.3) is 0 Å². The molecule has 0 spiro atoms. The molecule has 0 unspecified atom stereocenters. The van der Waals surface area contributed by atoms with Crippen molar-refractivity contribution in [1.29, 1.82) is 0 Å². The molecule has 0 saturated carbocycles. The first-order valence-electron chi connectivity index (χ1n) is 5.45. The van der Waals surface area contributed by atoms with E-state index in [1.54, 1.807) is 14.2 Å². The SMILES string of the molecule is COc1ccc(OC)c(C[C@@H](C)N(C)C)c1. The van der Waals surface area contributed by atoms with E-state index >= 15 is 0 Å². The molecule has 0 aromatic heterocycles. The molecule has 16 heavy (non-hydrogen) atoms. The molecule has 1 atom stereocenters. The minimum atomic E-state index is 0.473. The van der Waals surface area contributed by atoms with Gasteiger partial charge >= 0.3 is 0 Å². The van der Waals surface area contributed by atoms with E-state index in [1.807, 2.05) is 18.2 Å². The Morgan fingerprint density at radius 2 is 1.88 bits per heavy atom. The maximum atomic E-state index is 5.35. The fourth-order valence-corrected chi connectivity index (χ4v) is 1.54. The molecule has 1 rings (SSSR count). The summed E-state index contributed by atoms with van der Waals surface area (Å²) in [5.74, 6) is 1.80. The summed E-state index contributed by atoms with van der Waals surface area (Å²) in [7, 11) is 7.54. The average Bonchev–Trinajstić information content (AvgIpc) is 2.28. The van der Waals surface area contributed by atoms with Crippen LogP contribution in [0.15, 0.2) is 18.2 Å². The van der Waals surface area contributed by atoms with Gasteiger partial charge in [-0.2, -0.15) is 0 Å². The zero-order chi connectivity index (χ0) is 12.1. The first kappa shape index (κ1) is 12.8. The maximum absolute atomic E-state index is 5.35. The van der Waals surface area contributed by atoms with Crippen molar-refractivity contribution in [3.05, 3.63) is 23.8 Å². The van der Waals surface area contributed by atoms with Crippen molar-refractivity contribution in [2.45, 2.75) is 19.4 Å². The van der Waals surface area contributed by atoms with Crippen molar-refractivity contribution in [3.8, 4) is 11.5 Å². The van der Waals surface area contributed by atoms with Gasteiger partial charge in [0.15, 0.2) is 0 Å². The molecule has 0 fully saturated rings. The second kappa shape index (κ2) is 5.75. The monoisotopic (exact) mass is 223 g/mol. The van der Waals surface area contributed by atoms with Crippen LogP contribution in [0.4, 0.5) is 0 Å². The number of hydrogen-bond donors (Lipinski definition) is 0. The third-order valence-electron chi connectivity index (χ3n) is 2.88. The third kappa shape index (κ3) is 3.14. The van der Waals surface area contributed by atoms with Gasteiger partial charge in [0.05, 0.1) is 14.2 Å². The third-order valence-corrected chi connectivity index (χ3v) is 2.88. The molecule has 0 aliphatic rings. The minimum Gasteiger partial charge on any atom is -0.497 e. The smallest absolute Gasteiger partial charge is 0.122 e. The number of hydrogen-bond acceptors (Lipinski definition) is 3. The van der Waals surface area contributed by atoms with Crippen LogP contribution >= 0.6 is 0 Å². The Bertz CT molecular complexity index is 337. The highest BCUT2D eigenvalue weighted by Gasteiger charge is 2.11. The Morgan fingerprint density at radius 1 is 1.19 bits per heavy atom. The second-order valence-electron chi connectivity index (χ2n) is 4.19. The van der Waals surface area contributed by atoms with E-state index in [2.05, 4.69) is 25.9 Å². The predicted molar refractivity (Wildman–Crippen MR) is 66.4 cm³/mol. The molecular weight excluding hydrogens is 202 g/mol. The van der Waals surface area contributed by atoms with Crippen LogP contribution in [0.2, 0.25) is 0 Å². The molecule has 0 heterocycles. The second-order valence-corrected chi connectivity index (χ2v) is 4.19. The van der Waals surface area contributed by atoms with Gasteiger partial charge in [-0.1, -0.05) is 0 Å². The van der Waals surface area contributed by atoms with E-state index in [0.717, 1.165) is 17.9 Å². The lowest BCUT2D eigenvalue weighted by molar-refractivity contribution is 0.308. The molecule has 0 aliphatic heterocycles. The number of methoxy groups -OCH3 is 2. The predicted octanol–water partition coefficient (Wildman–Crippen LogP) is 2.20. The summed E-state index contributed by atoms with van der Waals surface area (Å²) < 4.78 is 10.6. The van der Waals surface area contributed by atoms with Crippen molar-refractivity contribution >= 4 is 0 Å². The van der Waals surface area contributed by atoms with E-state index in [-0.39, 0.29) is 0 Å². The van der Waals surface area contributed by atoms with Gasteiger partial charge in [-0.15, -0.1) is 0 Å². The van der Waals surface area contributed by atoms with Gasteiger partial charge in [0.2, 0.25) is 0 Å². The van der Waals surface area contributed by atoms with Crippen LogP contribution in [-0.2, 0) is 6.42 Å². The summed E-state index contributed by atoms with van der Waals surface area (Å²) in [5.41, 5.74) is 1.18. The van der Waals surface area contributed by atoms with Gasteiger partial charge < -0.3 is 14.4 Å². The zero-order valence-electron chi connectivity index (χ0n) is 10.8. The summed E-state index contributed by atoms with van der Waals surface area (Å²) in [6.07, 6.45) is 0.952. The van der Waals surface area contributed by atoms with Crippen LogP contribution in [0.5, 0.6) is 11.5 Å². The van der Waals surface area contributed by atoms with Gasteiger partial charge in [-0.25, -0.2) is 0 Å². The van der Waals surface area contributed by atoms with Crippen molar-refractivity contribution < 1.29 is 9.47 Å². The van der Waals surface area contributed by atoms with Gasteiger partial charge in [0.1, 0.15) is 11.5 Å². The fraction of sp³-hybridized carbons (Fsp3) is 0.538. The van der Waals surface area contributed by atoms with Gasteiger partial charge in [0.25, 0.3) is 0 Å². The van der Waals surface area contributed by atoms with Crippen LogP contribution in [-0.4, -0.2) is 39.3 Å². The lowest BCUT2D eigenvalue weighted by atomic mass is 10.1. The van der Waals surface area contributed by atoms with Crippen molar-refractivity contribution in [1.82, 2.24) is 4.90 Å². The Morgan fingerprint density at radius 3 is 2.38 bits per heavy atom. The molecular formula is C13H21NO2. The van der Waals surface area contributed by atoms with Gasteiger partial charge in [-0.05, 0) is 51.2 Å². The average molecular weight is 223 g/mol. The summed E-state index contributed by atoms with van der Waals surface area (Å²) in [6.45, 7) is 2.19. The summed E-state index contributed by atoms with van der Waals surface area (Å²) in [5, 5.41) is 0. The van der Waals surface area contributed by atoms with E-state index in [9.17, 15) is 0 Å². The Labute approximate surface area is 98.0 Å². The molecule has 0 radical (unpaired) electrons. The molecule has 3 heteroatoms. The lowest BCUT2D eigenvalue weighted by Crippen LogP contribution is -2.26. The number of likely N-dealkylation sites (N-methyl/N-ethyl adjacent to an activating group) is 1. The zero-order valence-corrected chi connectivity index (χ0v) is 10.8. The van der Waals surface area contributed by atoms with Gasteiger partial charge in [-0.3, -0.25) is 0 Å². The van der Waals surface area contributed by atoms with Gasteiger partial charge in [0, 0.05) is 6.04 Å². The van der Waals surface area contributed by atoms with Crippen molar-refractivity contribution in [2.24, 2.45) is 0 Å². The summed E-state index contributed by atoms with van der Waals surface area (Å²) in [6, 6.07) is 6.39. The number of benzene rings is 1. The van der Waals surface area contributed by atoms with Crippen LogP contribution in [0, 0.1) is 0 Å². The normalized spacial score (nSPS) is 12.6. The lowest BCUT2D eigenvalue weighted by Gasteiger charge is -2.21. The van der Waals surface area contributed by atoms with Crippen molar-refractivity contribution in [2.75, 3.05) is 28.3 Å². The molecule has 3 nitrogen and oxygen atoms in total. The Kier molecular flexibility index (Phi) is 4.62. The Balaban J connectivity index is 2.91. The molecule has 0 amide bonds. The number of nitrogens with zero attached hydrogens (tertiary/aromatic N) is 1. The highest BCUT2D eigenvalue weighted by molar-refractivity contribution is 5.40. The maximum Gasteiger partial charge on any atom is 0.122 e. The summed E-state index contributed by atoms with van der Waals surface area (Å²) >= 11 is 0. The first-order valence-corrected chi connectivity index (χ1v) is 5.45. The summed E-state index contributed by atoms with van der Waals surface area (Å²) in [4.78, 5) is 2.19. The topological polar surface area (TPSA) is 21.7 Å². The van der Waals surface area contributed by atoms with Crippen molar-refractivity contribution in [3.63, 3.8) is 0 Å². The number of ether oxygens (including phenoxy) is 2. The van der Waals surface area contributed by atoms with Crippen LogP contribution in [0.1, 0.15) is 12.5 Å². The fourth-order valence-electron chi connectivity index (χ4n) is 1.54. The largest absolute Gasteiger partial charge is 0.497 e. The van der Waals surface area contributed by atoms with E-state index < -0.39 is 0 Å². The van der Waals surface area contributed by atoms with E-state index in [1.165, 1.54) is 5.56 Å². The highest BCUT2D eigenvalue weighted by Crippen LogP contribution is 2.25. The molecule has 0 saturated heterocycles. The van der Waals surface area contributed by atoms with E-state index in [0.29, 0.717) is 6.04 Å². The molecule has 1 aromatic carbocycles. The quantitative estimate of drug-likeness (QED) is 0.764. The minimum absolute atomic E-state index is 0.473. The number of rotatable bonds is 5. The molecule has 90 valence electrons. The highest BCUT2D eigenvalue weighted by atomic mass is 16.5. The molecule has 0 bridgehead atoms. The van der Waals surface area contributed by atoms with Crippen LogP contribution < -0.4 is 9.47 Å². The van der Waals surface area contributed by atoms with Crippen LogP contribution in [0.3, 0.4) is 0 Å². The molecule has 1 aromatic rings. The standard InChI is InChI=1S/C13H21NO2/c1-10(14(2)3)8-11-9-12(15-4)6-7-13(11)16-5/h6-7,9-10H,8H2,1-5H3/t10-/m1/s1.